The fraction of sp³-hybridized carbons (Fsp3) is 0.917. The van der Waals surface area contributed by atoms with Crippen molar-refractivity contribution in [3.05, 3.63) is 0 Å². The van der Waals surface area contributed by atoms with E-state index in [0.717, 1.165) is 19.5 Å². The molecule has 2 N–H and O–H groups in total. The second kappa shape index (κ2) is 4.72. The van der Waals surface area contributed by atoms with Crippen LogP contribution in [0.2, 0.25) is 0 Å². The zero-order chi connectivity index (χ0) is 11.6. The van der Waals surface area contributed by atoms with E-state index in [4.69, 9.17) is 10.5 Å². The maximum absolute atomic E-state index is 12.2. The van der Waals surface area contributed by atoms with Crippen molar-refractivity contribution in [1.29, 1.82) is 0 Å². The summed E-state index contributed by atoms with van der Waals surface area (Å²) in [6.07, 6.45) is 4.22. The molecule has 0 aromatic rings. The molecule has 4 heteroatoms. The molecule has 16 heavy (non-hydrogen) atoms. The van der Waals surface area contributed by atoms with Gasteiger partial charge in [-0.3, -0.25) is 4.79 Å². The molecule has 0 aromatic heterocycles. The average Bonchev–Trinajstić information content (AvgIpc) is 2.88. The van der Waals surface area contributed by atoms with Gasteiger partial charge in [-0.05, 0) is 25.2 Å². The summed E-state index contributed by atoms with van der Waals surface area (Å²) in [7, 11) is 0. The SMILES string of the molecule is CCCC1CCN(C(=O)C2(N)CCOC2)C1. The molecule has 4 nitrogen and oxygen atoms in total. The molecule has 0 aliphatic carbocycles. The van der Waals surface area contributed by atoms with Crippen molar-refractivity contribution >= 4 is 5.91 Å². The van der Waals surface area contributed by atoms with Gasteiger partial charge in [0.05, 0.1) is 6.61 Å². The molecule has 2 unspecified atom stereocenters. The third kappa shape index (κ3) is 2.23. The molecular formula is C12H22N2O2. The first-order valence-corrected chi connectivity index (χ1v) is 6.32. The number of likely N-dealkylation sites (tertiary alicyclic amines) is 1. The molecule has 0 saturated carbocycles. The predicted molar refractivity (Wildman–Crippen MR) is 61.9 cm³/mol. The standard InChI is InChI=1S/C12H22N2O2/c1-2-3-10-4-6-14(8-10)11(15)12(13)5-7-16-9-12/h10H,2-9,13H2,1H3. The maximum atomic E-state index is 12.2. The molecule has 0 aromatic carbocycles. The highest BCUT2D eigenvalue weighted by atomic mass is 16.5. The Balaban J connectivity index is 1.91. The van der Waals surface area contributed by atoms with E-state index >= 15 is 0 Å². The highest BCUT2D eigenvalue weighted by Crippen LogP contribution is 2.25. The molecule has 92 valence electrons. The third-order valence-corrected chi connectivity index (χ3v) is 3.75. The van der Waals surface area contributed by atoms with Crippen LogP contribution in [0.1, 0.15) is 32.6 Å². The summed E-state index contributed by atoms with van der Waals surface area (Å²) in [5, 5.41) is 0. The molecule has 2 saturated heterocycles. The maximum Gasteiger partial charge on any atom is 0.245 e. The fourth-order valence-corrected chi connectivity index (χ4v) is 2.73. The van der Waals surface area contributed by atoms with Gasteiger partial charge in [0, 0.05) is 19.7 Å². The van der Waals surface area contributed by atoms with Gasteiger partial charge in [-0.15, -0.1) is 0 Å². The van der Waals surface area contributed by atoms with Gasteiger partial charge in [-0.1, -0.05) is 13.3 Å². The van der Waals surface area contributed by atoms with Crippen LogP contribution in [0, 0.1) is 5.92 Å². The lowest BCUT2D eigenvalue weighted by Crippen LogP contribution is -2.55. The van der Waals surface area contributed by atoms with Crippen LogP contribution >= 0.6 is 0 Å². The molecule has 2 fully saturated rings. The minimum Gasteiger partial charge on any atom is -0.379 e. The van der Waals surface area contributed by atoms with Crippen molar-refractivity contribution in [3.63, 3.8) is 0 Å². The van der Waals surface area contributed by atoms with Gasteiger partial charge in [-0.25, -0.2) is 0 Å². The Labute approximate surface area is 97.1 Å². The van der Waals surface area contributed by atoms with Gasteiger partial charge >= 0.3 is 0 Å². The Kier molecular flexibility index (Phi) is 3.50. The van der Waals surface area contributed by atoms with Gasteiger partial charge < -0.3 is 15.4 Å². The summed E-state index contributed by atoms with van der Waals surface area (Å²) >= 11 is 0. The highest BCUT2D eigenvalue weighted by Gasteiger charge is 2.42. The Morgan fingerprint density at radius 1 is 1.62 bits per heavy atom. The first-order valence-electron chi connectivity index (χ1n) is 6.32. The number of hydrogen-bond acceptors (Lipinski definition) is 3. The van der Waals surface area contributed by atoms with Gasteiger partial charge in [0.1, 0.15) is 5.54 Å². The highest BCUT2D eigenvalue weighted by molar-refractivity contribution is 5.86. The number of nitrogens with two attached hydrogens (primary N) is 1. The minimum atomic E-state index is -0.735. The van der Waals surface area contributed by atoms with Crippen molar-refractivity contribution in [2.45, 2.75) is 38.1 Å². The average molecular weight is 226 g/mol. The molecule has 2 atom stereocenters. The van der Waals surface area contributed by atoms with Crippen LogP contribution in [0.3, 0.4) is 0 Å². The number of nitrogens with zero attached hydrogens (tertiary/aromatic N) is 1. The summed E-state index contributed by atoms with van der Waals surface area (Å²) in [5.74, 6) is 0.781. The number of carbonyl (C=O) groups is 1. The van der Waals surface area contributed by atoms with Crippen LogP contribution < -0.4 is 5.73 Å². The van der Waals surface area contributed by atoms with E-state index in [1.54, 1.807) is 0 Å². The molecule has 1 amide bonds. The third-order valence-electron chi connectivity index (χ3n) is 3.75. The van der Waals surface area contributed by atoms with Crippen LogP contribution in [0.5, 0.6) is 0 Å². The largest absolute Gasteiger partial charge is 0.379 e. The van der Waals surface area contributed by atoms with Crippen LogP contribution in [0.25, 0.3) is 0 Å². The lowest BCUT2D eigenvalue weighted by atomic mass is 9.98. The Bertz CT molecular complexity index is 262. The Morgan fingerprint density at radius 2 is 2.44 bits per heavy atom. The first kappa shape index (κ1) is 11.9. The lowest BCUT2D eigenvalue weighted by molar-refractivity contribution is -0.136. The van der Waals surface area contributed by atoms with Crippen LogP contribution in [-0.4, -0.2) is 42.6 Å². The smallest absolute Gasteiger partial charge is 0.245 e. The summed E-state index contributed by atoms with van der Waals surface area (Å²) in [6, 6.07) is 0. The monoisotopic (exact) mass is 226 g/mol. The number of rotatable bonds is 3. The predicted octanol–water partition coefficient (Wildman–Crippen LogP) is 0.753. The minimum absolute atomic E-state index is 0.101. The van der Waals surface area contributed by atoms with Gasteiger partial charge in [-0.2, -0.15) is 0 Å². The first-order chi connectivity index (χ1) is 7.65. The number of amides is 1. The molecule has 2 aliphatic rings. The van der Waals surface area contributed by atoms with Gasteiger partial charge in [0.2, 0.25) is 5.91 Å². The van der Waals surface area contributed by atoms with E-state index in [0.29, 0.717) is 25.6 Å². The molecule has 2 rings (SSSR count). The van der Waals surface area contributed by atoms with E-state index in [2.05, 4.69) is 6.92 Å². The normalized spacial score (nSPS) is 34.6. The van der Waals surface area contributed by atoms with E-state index in [1.807, 2.05) is 4.90 Å². The summed E-state index contributed by atoms with van der Waals surface area (Å²) in [4.78, 5) is 14.2. The second-order valence-corrected chi connectivity index (χ2v) is 5.15. The van der Waals surface area contributed by atoms with Gasteiger partial charge in [0.15, 0.2) is 0 Å². The molecule has 0 bridgehead atoms. The molecule has 2 heterocycles. The Hall–Kier alpha value is -0.610. The number of ether oxygens (including phenoxy) is 1. The summed E-state index contributed by atoms with van der Waals surface area (Å²) < 4.78 is 5.24. The molecule has 0 radical (unpaired) electrons. The van der Waals surface area contributed by atoms with Crippen molar-refractivity contribution in [1.82, 2.24) is 4.90 Å². The van der Waals surface area contributed by atoms with Crippen molar-refractivity contribution in [2.75, 3.05) is 26.3 Å². The number of carbonyl (C=O) groups excluding carboxylic acids is 1. The van der Waals surface area contributed by atoms with E-state index in [-0.39, 0.29) is 5.91 Å². The van der Waals surface area contributed by atoms with E-state index in [1.165, 1.54) is 12.8 Å². The second-order valence-electron chi connectivity index (χ2n) is 5.15. The van der Waals surface area contributed by atoms with Crippen LogP contribution in [0.15, 0.2) is 0 Å². The zero-order valence-corrected chi connectivity index (χ0v) is 10.1. The molecule has 2 aliphatic heterocycles. The van der Waals surface area contributed by atoms with E-state index < -0.39 is 5.54 Å². The van der Waals surface area contributed by atoms with Crippen LogP contribution in [0.4, 0.5) is 0 Å². The zero-order valence-electron chi connectivity index (χ0n) is 10.1. The quantitative estimate of drug-likeness (QED) is 0.772. The lowest BCUT2D eigenvalue weighted by Gasteiger charge is -2.27. The summed E-state index contributed by atoms with van der Waals surface area (Å²) in [5.41, 5.74) is 5.35. The molecule has 0 spiro atoms. The van der Waals surface area contributed by atoms with Crippen molar-refractivity contribution in [2.24, 2.45) is 11.7 Å². The molecular weight excluding hydrogens is 204 g/mol. The Morgan fingerprint density at radius 3 is 3.06 bits per heavy atom. The van der Waals surface area contributed by atoms with Crippen molar-refractivity contribution in [3.8, 4) is 0 Å². The van der Waals surface area contributed by atoms with E-state index in [9.17, 15) is 4.79 Å². The number of hydrogen-bond donors (Lipinski definition) is 1. The van der Waals surface area contributed by atoms with Crippen LogP contribution in [-0.2, 0) is 9.53 Å². The van der Waals surface area contributed by atoms with Gasteiger partial charge in [0.25, 0.3) is 0 Å². The fourth-order valence-electron chi connectivity index (χ4n) is 2.73. The summed E-state index contributed by atoms with van der Waals surface area (Å²) in [6.45, 7) is 4.98. The topological polar surface area (TPSA) is 55.6 Å². The van der Waals surface area contributed by atoms with Crippen molar-refractivity contribution < 1.29 is 9.53 Å².